The lowest BCUT2D eigenvalue weighted by Gasteiger charge is -2.35. The van der Waals surface area contributed by atoms with Gasteiger partial charge in [-0.2, -0.15) is 14.3 Å². The van der Waals surface area contributed by atoms with Gasteiger partial charge in [-0.05, 0) is 57.8 Å². The predicted molar refractivity (Wildman–Crippen MR) is 169 cm³/mol. The summed E-state index contributed by atoms with van der Waals surface area (Å²) in [6.07, 6.45) is 11.6. The van der Waals surface area contributed by atoms with E-state index in [2.05, 4.69) is 71.5 Å². The fourth-order valence-corrected chi connectivity index (χ4v) is 6.55. The van der Waals surface area contributed by atoms with Crippen molar-refractivity contribution in [3.05, 3.63) is 60.4 Å². The van der Waals surface area contributed by atoms with Crippen LogP contribution in [0.2, 0.25) is 0 Å². The van der Waals surface area contributed by atoms with Crippen molar-refractivity contribution in [2.75, 3.05) is 50.5 Å². The third-order valence-corrected chi connectivity index (χ3v) is 9.72. The first-order valence-electron chi connectivity index (χ1n) is 14.8. The van der Waals surface area contributed by atoms with E-state index in [0.717, 1.165) is 54.4 Å². The average Bonchev–Trinajstić information content (AvgIpc) is 3.61. The number of piperidine rings is 1. The SMILES string of the molecule is CN(C)CCNC1CCN(c2cc(Nc3ccnc(-c4cnn(S(=O)(=O)C5CC5)c4)n3)ncc2C#Cc2ccn(C)n2)CC1. The van der Waals surface area contributed by atoms with Crippen LogP contribution in [-0.2, 0) is 17.1 Å². The summed E-state index contributed by atoms with van der Waals surface area (Å²) in [5, 5.41) is 15.1. The Bertz CT molecular complexity index is 1780. The maximum absolute atomic E-state index is 12.6. The van der Waals surface area contributed by atoms with Crippen LogP contribution in [-0.4, -0.2) is 98.8 Å². The zero-order chi connectivity index (χ0) is 30.7. The average molecular weight is 616 g/mol. The molecule has 4 aromatic heterocycles. The van der Waals surface area contributed by atoms with Gasteiger partial charge in [-0.25, -0.2) is 23.4 Å². The lowest BCUT2D eigenvalue weighted by atomic mass is 10.0. The number of anilines is 3. The van der Waals surface area contributed by atoms with E-state index < -0.39 is 10.0 Å². The Labute approximate surface area is 257 Å². The smallest absolute Gasteiger partial charge is 0.256 e. The molecule has 0 radical (unpaired) electrons. The van der Waals surface area contributed by atoms with Gasteiger partial charge in [0.05, 0.1) is 34.5 Å². The number of rotatable bonds is 10. The Kier molecular flexibility index (Phi) is 8.60. The number of aromatic nitrogens is 7. The van der Waals surface area contributed by atoms with Crippen LogP contribution in [0.5, 0.6) is 0 Å². The third kappa shape index (κ3) is 7.07. The standard InChI is InChI=1S/C30H37N11O2S/c1-38(2)17-13-31-24-10-15-40(16-11-24)27-18-29(33-19-22(27)4-5-25-9-14-39(3)37-25)35-28-8-12-32-30(36-28)23-20-34-41(21-23)44(42,43)26-6-7-26/h8-9,12,14,18-21,24,26,31H,6-7,10-11,13,15-17H2,1-3H3,(H,32,33,35,36). The van der Waals surface area contributed by atoms with Gasteiger partial charge < -0.3 is 20.4 Å². The number of nitrogens with one attached hydrogen (secondary N) is 2. The van der Waals surface area contributed by atoms with Crippen molar-refractivity contribution in [3.8, 4) is 23.2 Å². The molecule has 6 rings (SSSR count). The summed E-state index contributed by atoms with van der Waals surface area (Å²) in [4.78, 5) is 18.1. The molecule has 0 aromatic carbocycles. The molecule has 1 saturated heterocycles. The zero-order valence-electron chi connectivity index (χ0n) is 25.2. The summed E-state index contributed by atoms with van der Waals surface area (Å²) >= 11 is 0. The van der Waals surface area contributed by atoms with Gasteiger partial charge >= 0.3 is 0 Å². The Hall–Kier alpha value is -4.32. The minimum atomic E-state index is -3.47. The third-order valence-electron chi connectivity index (χ3n) is 7.69. The minimum Gasteiger partial charge on any atom is -0.370 e. The van der Waals surface area contributed by atoms with Crippen molar-refractivity contribution in [3.63, 3.8) is 0 Å². The van der Waals surface area contributed by atoms with E-state index >= 15 is 0 Å². The van der Waals surface area contributed by atoms with Crippen LogP contribution in [0.15, 0.2) is 49.2 Å². The summed E-state index contributed by atoms with van der Waals surface area (Å²) in [6, 6.07) is 6.12. The molecule has 0 bridgehead atoms. The summed E-state index contributed by atoms with van der Waals surface area (Å²) in [6.45, 7) is 3.78. The summed E-state index contributed by atoms with van der Waals surface area (Å²) in [7, 11) is 2.58. The monoisotopic (exact) mass is 615 g/mol. The number of hydrogen-bond donors (Lipinski definition) is 2. The maximum atomic E-state index is 12.6. The zero-order valence-corrected chi connectivity index (χ0v) is 26.0. The largest absolute Gasteiger partial charge is 0.370 e. The second-order valence-corrected chi connectivity index (χ2v) is 13.5. The highest BCUT2D eigenvalue weighted by atomic mass is 32.2. The Morgan fingerprint density at radius 2 is 1.86 bits per heavy atom. The van der Waals surface area contributed by atoms with Crippen LogP contribution < -0.4 is 15.5 Å². The van der Waals surface area contributed by atoms with Crippen LogP contribution in [0, 0.1) is 11.8 Å². The topological polar surface area (TPSA) is 139 Å². The van der Waals surface area contributed by atoms with Gasteiger partial charge in [0.1, 0.15) is 17.3 Å². The molecule has 1 saturated carbocycles. The van der Waals surface area contributed by atoms with E-state index in [1.54, 1.807) is 23.1 Å². The second-order valence-electron chi connectivity index (χ2n) is 11.5. The van der Waals surface area contributed by atoms with E-state index in [4.69, 9.17) is 0 Å². The number of hydrogen-bond acceptors (Lipinski definition) is 11. The molecule has 4 aromatic rings. The van der Waals surface area contributed by atoms with Crippen molar-refractivity contribution >= 4 is 27.3 Å². The molecule has 2 N–H and O–H groups in total. The quantitative estimate of drug-likeness (QED) is 0.254. The fraction of sp³-hybridized carbons (Fsp3) is 0.433. The van der Waals surface area contributed by atoms with Gasteiger partial charge in [0, 0.05) is 63.9 Å². The lowest BCUT2D eigenvalue weighted by Crippen LogP contribution is -2.44. The summed E-state index contributed by atoms with van der Waals surface area (Å²) in [5.74, 6) is 7.97. The van der Waals surface area contributed by atoms with E-state index in [1.807, 2.05) is 25.4 Å². The van der Waals surface area contributed by atoms with Crippen molar-refractivity contribution in [1.82, 2.24) is 44.1 Å². The lowest BCUT2D eigenvalue weighted by molar-refractivity contribution is 0.359. The molecular formula is C30H37N11O2S. The van der Waals surface area contributed by atoms with Gasteiger partial charge in [0.15, 0.2) is 5.82 Å². The summed E-state index contributed by atoms with van der Waals surface area (Å²) in [5.41, 5.74) is 3.05. The van der Waals surface area contributed by atoms with Crippen LogP contribution in [0.3, 0.4) is 0 Å². The van der Waals surface area contributed by atoms with Crippen molar-refractivity contribution in [1.29, 1.82) is 0 Å². The minimum absolute atomic E-state index is 0.355. The first-order chi connectivity index (χ1) is 21.2. The van der Waals surface area contributed by atoms with Gasteiger partial charge in [0.25, 0.3) is 10.0 Å². The molecule has 1 aliphatic carbocycles. The van der Waals surface area contributed by atoms with Crippen LogP contribution >= 0.6 is 0 Å². The Morgan fingerprint density at radius 3 is 2.59 bits per heavy atom. The maximum Gasteiger partial charge on any atom is 0.256 e. The number of pyridine rings is 1. The Balaban J connectivity index is 1.21. The molecule has 44 heavy (non-hydrogen) atoms. The number of likely N-dealkylation sites (N-methyl/N-ethyl adjacent to an activating group) is 1. The molecule has 0 unspecified atom stereocenters. The first kappa shape index (κ1) is 29.7. The van der Waals surface area contributed by atoms with E-state index in [1.165, 1.54) is 12.4 Å². The molecule has 0 spiro atoms. The van der Waals surface area contributed by atoms with Crippen molar-refractivity contribution < 1.29 is 8.42 Å². The Morgan fingerprint density at radius 1 is 1.05 bits per heavy atom. The van der Waals surface area contributed by atoms with Gasteiger partial charge in [0.2, 0.25) is 0 Å². The molecule has 5 heterocycles. The molecule has 2 fully saturated rings. The van der Waals surface area contributed by atoms with Crippen LogP contribution in [0.4, 0.5) is 17.3 Å². The number of aryl methyl sites for hydroxylation is 1. The van der Waals surface area contributed by atoms with Gasteiger partial charge in [-0.3, -0.25) is 4.68 Å². The van der Waals surface area contributed by atoms with E-state index in [-0.39, 0.29) is 5.25 Å². The number of nitrogens with zero attached hydrogens (tertiary/aromatic N) is 9. The summed E-state index contributed by atoms with van der Waals surface area (Å²) < 4.78 is 27.9. The van der Waals surface area contributed by atoms with E-state index in [9.17, 15) is 8.42 Å². The van der Waals surface area contributed by atoms with Crippen molar-refractivity contribution in [2.24, 2.45) is 7.05 Å². The molecule has 13 nitrogen and oxygen atoms in total. The fourth-order valence-electron chi connectivity index (χ4n) is 5.08. The predicted octanol–water partition coefficient (Wildman–Crippen LogP) is 2.07. The molecule has 230 valence electrons. The van der Waals surface area contributed by atoms with Crippen LogP contribution in [0.1, 0.15) is 36.9 Å². The van der Waals surface area contributed by atoms with Gasteiger partial charge in [-0.1, -0.05) is 5.92 Å². The highest BCUT2D eigenvalue weighted by Crippen LogP contribution is 2.31. The van der Waals surface area contributed by atoms with Gasteiger partial charge in [-0.15, -0.1) is 0 Å². The molecule has 0 amide bonds. The first-order valence-corrected chi connectivity index (χ1v) is 16.3. The van der Waals surface area contributed by atoms with Crippen LogP contribution in [0.25, 0.3) is 11.4 Å². The molecule has 2 aliphatic rings. The molecule has 0 atom stereocenters. The molecular weight excluding hydrogens is 578 g/mol. The highest BCUT2D eigenvalue weighted by molar-refractivity contribution is 7.90. The molecule has 14 heteroatoms. The van der Waals surface area contributed by atoms with Crippen molar-refractivity contribution in [2.45, 2.75) is 37.0 Å². The second kappa shape index (κ2) is 12.7. The normalized spacial score (nSPS) is 15.8. The van der Waals surface area contributed by atoms with E-state index in [0.29, 0.717) is 47.6 Å². The highest BCUT2D eigenvalue weighted by Gasteiger charge is 2.37. The molecule has 1 aliphatic heterocycles.